The molecule has 0 aliphatic carbocycles. The molecule has 3 heteroatoms. The predicted molar refractivity (Wildman–Crippen MR) is 87.7 cm³/mol. The number of ketones is 1. The van der Waals surface area contributed by atoms with Crippen LogP contribution in [0.3, 0.4) is 0 Å². The Labute approximate surface area is 128 Å². The maximum Gasteiger partial charge on any atom is 0.185 e. The van der Waals surface area contributed by atoms with Crippen LogP contribution in [-0.2, 0) is 0 Å². The zero-order chi connectivity index (χ0) is 14.4. The molecule has 0 fully saturated rings. The quantitative estimate of drug-likeness (QED) is 0.421. The second kappa shape index (κ2) is 7.32. The molecular formula is C17H15ClOS. The van der Waals surface area contributed by atoms with Gasteiger partial charge in [-0.1, -0.05) is 48.9 Å². The van der Waals surface area contributed by atoms with Gasteiger partial charge in [0.15, 0.2) is 5.78 Å². The molecule has 0 unspecified atom stereocenters. The Balaban J connectivity index is 2.07. The van der Waals surface area contributed by atoms with E-state index in [9.17, 15) is 4.79 Å². The lowest BCUT2D eigenvalue weighted by molar-refractivity contribution is 0.104. The number of benzene rings is 2. The zero-order valence-electron chi connectivity index (χ0n) is 11.2. The van der Waals surface area contributed by atoms with Crippen molar-refractivity contribution in [3.8, 4) is 0 Å². The number of carbonyl (C=O) groups is 1. The molecule has 0 aliphatic heterocycles. The third-order valence-corrected chi connectivity index (χ3v) is 3.86. The van der Waals surface area contributed by atoms with Crippen molar-refractivity contribution in [2.75, 3.05) is 5.75 Å². The predicted octanol–water partition coefficient (Wildman–Crippen LogP) is 5.35. The van der Waals surface area contributed by atoms with Crippen molar-refractivity contribution in [2.45, 2.75) is 11.8 Å². The summed E-state index contributed by atoms with van der Waals surface area (Å²) in [5.74, 6) is 1.02. The molecule has 0 spiro atoms. The highest BCUT2D eigenvalue weighted by Gasteiger charge is 2.01. The molecule has 0 radical (unpaired) electrons. The molecule has 0 aliphatic rings. The fraction of sp³-hybridized carbons (Fsp3) is 0.118. The Kier molecular flexibility index (Phi) is 5.45. The van der Waals surface area contributed by atoms with E-state index >= 15 is 0 Å². The van der Waals surface area contributed by atoms with Gasteiger partial charge in [-0.15, -0.1) is 11.8 Å². The van der Waals surface area contributed by atoms with E-state index in [1.165, 1.54) is 4.90 Å². The molecule has 102 valence electrons. The van der Waals surface area contributed by atoms with E-state index in [2.05, 4.69) is 19.1 Å². The SMILES string of the molecule is CCSc1ccc(/C=C/C(=O)c2cccc(Cl)c2)cc1. The smallest absolute Gasteiger partial charge is 0.185 e. The maximum atomic E-state index is 12.0. The van der Waals surface area contributed by atoms with Gasteiger partial charge in [-0.25, -0.2) is 0 Å². The molecule has 0 saturated carbocycles. The van der Waals surface area contributed by atoms with E-state index in [4.69, 9.17) is 11.6 Å². The van der Waals surface area contributed by atoms with Gasteiger partial charge in [0, 0.05) is 15.5 Å². The van der Waals surface area contributed by atoms with Gasteiger partial charge < -0.3 is 0 Å². The van der Waals surface area contributed by atoms with Gasteiger partial charge in [-0.05, 0) is 41.7 Å². The lowest BCUT2D eigenvalue weighted by atomic mass is 10.1. The summed E-state index contributed by atoms with van der Waals surface area (Å²) >= 11 is 7.68. The molecule has 0 atom stereocenters. The number of thioether (sulfide) groups is 1. The van der Waals surface area contributed by atoms with Crippen molar-refractivity contribution >= 4 is 35.2 Å². The van der Waals surface area contributed by atoms with Crippen molar-refractivity contribution in [2.24, 2.45) is 0 Å². The summed E-state index contributed by atoms with van der Waals surface area (Å²) in [5, 5.41) is 0.574. The number of carbonyl (C=O) groups excluding carboxylic acids is 1. The molecule has 0 amide bonds. The number of allylic oxidation sites excluding steroid dienone is 1. The van der Waals surface area contributed by atoms with Crippen molar-refractivity contribution in [3.05, 3.63) is 70.8 Å². The second-order valence-electron chi connectivity index (χ2n) is 4.21. The summed E-state index contributed by atoms with van der Waals surface area (Å²) in [6.45, 7) is 2.13. The van der Waals surface area contributed by atoms with Gasteiger partial charge in [-0.2, -0.15) is 0 Å². The van der Waals surface area contributed by atoms with Crippen LogP contribution in [0, 0.1) is 0 Å². The van der Waals surface area contributed by atoms with Crippen LogP contribution in [0.4, 0.5) is 0 Å². The second-order valence-corrected chi connectivity index (χ2v) is 5.98. The third-order valence-electron chi connectivity index (χ3n) is 2.73. The van der Waals surface area contributed by atoms with Crippen LogP contribution in [0.15, 0.2) is 59.5 Å². The molecule has 0 saturated heterocycles. The fourth-order valence-electron chi connectivity index (χ4n) is 1.75. The molecule has 20 heavy (non-hydrogen) atoms. The average molecular weight is 303 g/mol. The zero-order valence-corrected chi connectivity index (χ0v) is 12.7. The lowest BCUT2D eigenvalue weighted by Crippen LogP contribution is -1.93. The van der Waals surface area contributed by atoms with Crippen LogP contribution in [0.2, 0.25) is 5.02 Å². The molecule has 1 nitrogen and oxygen atoms in total. The van der Waals surface area contributed by atoms with Crippen LogP contribution < -0.4 is 0 Å². The maximum absolute atomic E-state index is 12.0. The standard InChI is InChI=1S/C17H15ClOS/c1-2-20-16-9-6-13(7-10-16)8-11-17(19)14-4-3-5-15(18)12-14/h3-12H,2H2,1H3/b11-8+. The number of halogens is 1. The van der Waals surface area contributed by atoms with E-state index in [1.54, 1.807) is 42.1 Å². The van der Waals surface area contributed by atoms with Crippen LogP contribution >= 0.6 is 23.4 Å². The normalized spacial score (nSPS) is 10.9. The minimum Gasteiger partial charge on any atom is -0.289 e. The molecular weight excluding hydrogens is 288 g/mol. The minimum absolute atomic E-state index is 0.0421. The van der Waals surface area contributed by atoms with Crippen molar-refractivity contribution in [1.82, 2.24) is 0 Å². The Morgan fingerprint density at radius 3 is 2.60 bits per heavy atom. The summed E-state index contributed by atoms with van der Waals surface area (Å²) < 4.78 is 0. The summed E-state index contributed by atoms with van der Waals surface area (Å²) in [6.07, 6.45) is 3.40. The third kappa shape index (κ3) is 4.26. The molecule has 0 N–H and O–H groups in total. The summed E-state index contributed by atoms with van der Waals surface area (Å²) in [5.41, 5.74) is 1.62. The van der Waals surface area contributed by atoms with Gasteiger partial charge >= 0.3 is 0 Å². The summed E-state index contributed by atoms with van der Waals surface area (Å²) in [4.78, 5) is 13.2. The van der Waals surface area contributed by atoms with Gasteiger partial charge in [0.1, 0.15) is 0 Å². The summed E-state index contributed by atoms with van der Waals surface area (Å²) in [7, 11) is 0. The molecule has 0 heterocycles. The highest BCUT2D eigenvalue weighted by Crippen LogP contribution is 2.18. The van der Waals surface area contributed by atoms with E-state index in [0.29, 0.717) is 10.6 Å². The number of hydrogen-bond acceptors (Lipinski definition) is 2. The Morgan fingerprint density at radius 1 is 1.20 bits per heavy atom. The summed E-state index contributed by atoms with van der Waals surface area (Å²) in [6, 6.07) is 15.1. The van der Waals surface area contributed by atoms with E-state index in [1.807, 2.05) is 18.2 Å². The Morgan fingerprint density at radius 2 is 1.95 bits per heavy atom. The van der Waals surface area contributed by atoms with Gasteiger partial charge in [0.25, 0.3) is 0 Å². The minimum atomic E-state index is -0.0421. The number of hydrogen-bond donors (Lipinski definition) is 0. The van der Waals surface area contributed by atoms with Crippen LogP contribution in [0.25, 0.3) is 6.08 Å². The van der Waals surface area contributed by atoms with Gasteiger partial charge in [0.05, 0.1) is 0 Å². The molecule has 2 aromatic carbocycles. The van der Waals surface area contributed by atoms with Crippen molar-refractivity contribution in [3.63, 3.8) is 0 Å². The monoisotopic (exact) mass is 302 g/mol. The topological polar surface area (TPSA) is 17.1 Å². The Bertz CT molecular complexity index is 617. The van der Waals surface area contributed by atoms with Crippen molar-refractivity contribution in [1.29, 1.82) is 0 Å². The molecule has 0 bridgehead atoms. The van der Waals surface area contributed by atoms with Crippen LogP contribution in [0.5, 0.6) is 0 Å². The van der Waals surface area contributed by atoms with E-state index in [0.717, 1.165) is 11.3 Å². The van der Waals surface area contributed by atoms with Gasteiger partial charge in [-0.3, -0.25) is 4.79 Å². The van der Waals surface area contributed by atoms with Gasteiger partial charge in [0.2, 0.25) is 0 Å². The first-order valence-electron chi connectivity index (χ1n) is 6.40. The fourth-order valence-corrected chi connectivity index (χ4v) is 2.60. The average Bonchev–Trinajstić information content (AvgIpc) is 2.46. The largest absolute Gasteiger partial charge is 0.289 e. The highest BCUT2D eigenvalue weighted by molar-refractivity contribution is 7.99. The first-order valence-corrected chi connectivity index (χ1v) is 7.76. The van der Waals surface area contributed by atoms with E-state index in [-0.39, 0.29) is 5.78 Å². The van der Waals surface area contributed by atoms with Crippen LogP contribution in [-0.4, -0.2) is 11.5 Å². The molecule has 2 rings (SSSR count). The molecule has 0 aromatic heterocycles. The highest BCUT2D eigenvalue weighted by atomic mass is 35.5. The number of rotatable bonds is 5. The first-order chi connectivity index (χ1) is 9.69. The lowest BCUT2D eigenvalue weighted by Gasteiger charge is -1.99. The van der Waals surface area contributed by atoms with Crippen molar-refractivity contribution < 1.29 is 4.79 Å². The first kappa shape index (κ1) is 14.9. The van der Waals surface area contributed by atoms with Crippen LogP contribution in [0.1, 0.15) is 22.8 Å². The Hall–Kier alpha value is -1.51. The molecule has 2 aromatic rings. The van der Waals surface area contributed by atoms with E-state index < -0.39 is 0 Å².